The number of nitrogens with one attached hydrogen (secondary N) is 1. The monoisotopic (exact) mass is 394 g/mol. The molecule has 1 aliphatic heterocycles. The van der Waals surface area contributed by atoms with E-state index in [1.165, 1.54) is 37.8 Å². The average molecular weight is 394 g/mol. The maximum atomic E-state index is 12.7. The first kappa shape index (κ1) is 19.7. The van der Waals surface area contributed by atoms with Crippen molar-refractivity contribution in [1.29, 1.82) is 0 Å². The van der Waals surface area contributed by atoms with Gasteiger partial charge < -0.3 is 24.1 Å². The third-order valence-corrected chi connectivity index (χ3v) is 4.54. The third-order valence-electron chi connectivity index (χ3n) is 4.54. The van der Waals surface area contributed by atoms with Crippen molar-refractivity contribution in [2.75, 3.05) is 20.2 Å². The molecular formula is C19H20F2N2O5. The Hall–Kier alpha value is -3.10. The maximum absolute atomic E-state index is 12.7. The van der Waals surface area contributed by atoms with Crippen molar-refractivity contribution in [3.05, 3.63) is 47.9 Å². The molecule has 1 aromatic carbocycles. The van der Waals surface area contributed by atoms with Crippen molar-refractivity contribution in [3.8, 4) is 11.5 Å². The van der Waals surface area contributed by atoms with Crippen LogP contribution in [-0.2, 0) is 0 Å². The number of furan rings is 1. The standard InChI is InChI=1S/C19H20F2N2O5/c1-26-15-4-2-3-14(16(15)28-19(20)21)17(24)22-13-5-8-23(9-6-13)18(25)12-7-10-27-11-12/h2-4,7,10-11,13,19H,5-6,8-9H2,1H3,(H,22,24). The van der Waals surface area contributed by atoms with Gasteiger partial charge in [0.1, 0.15) is 6.26 Å². The minimum atomic E-state index is -3.08. The van der Waals surface area contributed by atoms with E-state index in [-0.39, 0.29) is 29.0 Å². The number of rotatable bonds is 6. The molecule has 0 bridgehead atoms. The van der Waals surface area contributed by atoms with Crippen LogP contribution in [0.1, 0.15) is 33.6 Å². The number of nitrogens with zero attached hydrogens (tertiary/aromatic N) is 1. The first-order valence-corrected chi connectivity index (χ1v) is 8.73. The van der Waals surface area contributed by atoms with Crippen LogP contribution < -0.4 is 14.8 Å². The summed E-state index contributed by atoms with van der Waals surface area (Å²) in [5.41, 5.74) is 0.448. The summed E-state index contributed by atoms with van der Waals surface area (Å²) in [4.78, 5) is 26.6. The van der Waals surface area contributed by atoms with Crippen molar-refractivity contribution in [3.63, 3.8) is 0 Å². The molecule has 1 saturated heterocycles. The lowest BCUT2D eigenvalue weighted by atomic mass is 10.0. The highest BCUT2D eigenvalue weighted by molar-refractivity contribution is 5.98. The molecule has 1 aromatic heterocycles. The number of likely N-dealkylation sites (tertiary alicyclic amines) is 1. The van der Waals surface area contributed by atoms with Crippen LogP contribution in [0, 0.1) is 0 Å². The number of hydrogen-bond donors (Lipinski definition) is 1. The van der Waals surface area contributed by atoms with Crippen molar-refractivity contribution < 1.29 is 32.3 Å². The summed E-state index contributed by atoms with van der Waals surface area (Å²) in [5.74, 6) is -0.911. The predicted molar refractivity (Wildman–Crippen MR) is 94.7 cm³/mol. The number of alkyl halides is 2. The fourth-order valence-electron chi connectivity index (χ4n) is 3.12. The molecule has 0 unspecified atom stereocenters. The SMILES string of the molecule is COc1cccc(C(=O)NC2CCN(C(=O)c3ccoc3)CC2)c1OC(F)F. The minimum absolute atomic E-state index is 0.0310. The van der Waals surface area contributed by atoms with E-state index in [1.807, 2.05) is 0 Å². The average Bonchev–Trinajstić information content (AvgIpc) is 3.22. The van der Waals surface area contributed by atoms with Gasteiger partial charge in [-0.25, -0.2) is 0 Å². The highest BCUT2D eigenvalue weighted by Gasteiger charge is 2.27. The van der Waals surface area contributed by atoms with Gasteiger partial charge in [-0.05, 0) is 31.0 Å². The number of halogens is 2. The van der Waals surface area contributed by atoms with Gasteiger partial charge in [-0.3, -0.25) is 9.59 Å². The zero-order chi connectivity index (χ0) is 20.1. The normalized spacial score (nSPS) is 14.8. The first-order valence-electron chi connectivity index (χ1n) is 8.73. The summed E-state index contributed by atoms with van der Waals surface area (Å²) in [6, 6.07) is 5.77. The molecular weight excluding hydrogens is 374 g/mol. The number of carbonyl (C=O) groups excluding carboxylic acids is 2. The Morgan fingerprint density at radius 3 is 2.61 bits per heavy atom. The summed E-state index contributed by atoms with van der Waals surface area (Å²) < 4.78 is 39.9. The molecule has 7 nitrogen and oxygen atoms in total. The molecule has 3 rings (SSSR count). The van der Waals surface area contributed by atoms with E-state index in [2.05, 4.69) is 10.1 Å². The van der Waals surface area contributed by atoms with Crippen molar-refractivity contribution in [2.24, 2.45) is 0 Å². The van der Waals surface area contributed by atoms with Crippen LogP contribution in [0.2, 0.25) is 0 Å². The zero-order valence-electron chi connectivity index (χ0n) is 15.2. The fraction of sp³-hybridized carbons (Fsp3) is 0.368. The second-order valence-corrected chi connectivity index (χ2v) is 6.27. The molecule has 0 atom stereocenters. The zero-order valence-corrected chi connectivity index (χ0v) is 15.2. The molecule has 1 fully saturated rings. The Bertz CT molecular complexity index is 818. The fourth-order valence-corrected chi connectivity index (χ4v) is 3.12. The minimum Gasteiger partial charge on any atom is -0.493 e. The number of methoxy groups -OCH3 is 1. The van der Waals surface area contributed by atoms with Crippen molar-refractivity contribution >= 4 is 11.8 Å². The van der Waals surface area contributed by atoms with Crippen LogP contribution in [0.25, 0.3) is 0 Å². The lowest BCUT2D eigenvalue weighted by molar-refractivity contribution is -0.0515. The van der Waals surface area contributed by atoms with E-state index in [9.17, 15) is 18.4 Å². The molecule has 150 valence electrons. The molecule has 0 saturated carbocycles. The van der Waals surface area contributed by atoms with Crippen LogP contribution in [0.5, 0.6) is 11.5 Å². The number of ether oxygens (including phenoxy) is 2. The maximum Gasteiger partial charge on any atom is 0.387 e. The number of piperidine rings is 1. The smallest absolute Gasteiger partial charge is 0.387 e. The molecule has 1 N–H and O–H groups in total. The van der Waals surface area contributed by atoms with Crippen LogP contribution >= 0.6 is 0 Å². The summed E-state index contributed by atoms with van der Waals surface area (Å²) in [6.45, 7) is -2.15. The van der Waals surface area contributed by atoms with E-state index >= 15 is 0 Å². The van der Waals surface area contributed by atoms with Gasteiger partial charge in [0.05, 0.1) is 24.5 Å². The van der Waals surface area contributed by atoms with E-state index in [0.29, 0.717) is 31.5 Å². The van der Waals surface area contributed by atoms with Gasteiger partial charge in [-0.2, -0.15) is 8.78 Å². The van der Waals surface area contributed by atoms with Crippen LogP contribution in [0.4, 0.5) is 8.78 Å². The van der Waals surface area contributed by atoms with E-state index in [4.69, 9.17) is 9.15 Å². The van der Waals surface area contributed by atoms with Crippen LogP contribution in [0.3, 0.4) is 0 Å². The second kappa shape index (κ2) is 8.73. The van der Waals surface area contributed by atoms with Gasteiger partial charge in [-0.1, -0.05) is 6.07 Å². The summed E-state index contributed by atoms with van der Waals surface area (Å²) in [6.07, 6.45) is 3.92. The van der Waals surface area contributed by atoms with E-state index in [1.54, 1.807) is 11.0 Å². The lowest BCUT2D eigenvalue weighted by Gasteiger charge is -2.32. The Morgan fingerprint density at radius 1 is 1.25 bits per heavy atom. The quantitative estimate of drug-likeness (QED) is 0.815. The third kappa shape index (κ3) is 4.41. The summed E-state index contributed by atoms with van der Waals surface area (Å²) in [7, 11) is 1.31. The number of carbonyl (C=O) groups is 2. The molecule has 1 aliphatic rings. The molecule has 28 heavy (non-hydrogen) atoms. The molecule has 2 heterocycles. The molecule has 9 heteroatoms. The van der Waals surface area contributed by atoms with Gasteiger partial charge in [0, 0.05) is 19.1 Å². The van der Waals surface area contributed by atoms with E-state index < -0.39 is 12.5 Å². The van der Waals surface area contributed by atoms with Gasteiger partial charge in [0.15, 0.2) is 11.5 Å². The van der Waals surface area contributed by atoms with Crippen molar-refractivity contribution in [2.45, 2.75) is 25.5 Å². The van der Waals surface area contributed by atoms with Crippen molar-refractivity contribution in [1.82, 2.24) is 10.2 Å². The molecule has 0 spiro atoms. The Kier molecular flexibility index (Phi) is 6.13. The molecule has 2 amide bonds. The molecule has 2 aromatic rings. The Balaban J connectivity index is 1.62. The Morgan fingerprint density at radius 2 is 2.00 bits per heavy atom. The predicted octanol–water partition coefficient (Wildman–Crippen LogP) is 2.92. The number of benzene rings is 1. The topological polar surface area (TPSA) is 81.0 Å². The number of hydrogen-bond acceptors (Lipinski definition) is 5. The van der Waals surface area contributed by atoms with Gasteiger partial charge in [0.25, 0.3) is 11.8 Å². The molecule has 0 aliphatic carbocycles. The van der Waals surface area contributed by atoms with Crippen LogP contribution in [0.15, 0.2) is 41.2 Å². The lowest BCUT2D eigenvalue weighted by Crippen LogP contribution is -2.46. The first-order chi connectivity index (χ1) is 13.5. The van der Waals surface area contributed by atoms with E-state index in [0.717, 1.165) is 0 Å². The highest BCUT2D eigenvalue weighted by Crippen LogP contribution is 2.32. The second-order valence-electron chi connectivity index (χ2n) is 6.27. The van der Waals surface area contributed by atoms with Gasteiger partial charge in [-0.15, -0.1) is 0 Å². The Labute approximate surface area is 160 Å². The summed E-state index contributed by atoms with van der Waals surface area (Å²) >= 11 is 0. The van der Waals surface area contributed by atoms with Crippen LogP contribution in [-0.4, -0.2) is 49.6 Å². The van der Waals surface area contributed by atoms with Gasteiger partial charge in [0.2, 0.25) is 0 Å². The number of para-hydroxylation sites is 1. The largest absolute Gasteiger partial charge is 0.493 e. The highest BCUT2D eigenvalue weighted by atomic mass is 19.3. The number of amides is 2. The van der Waals surface area contributed by atoms with Gasteiger partial charge >= 0.3 is 6.61 Å². The molecule has 0 radical (unpaired) electrons. The summed E-state index contributed by atoms with van der Waals surface area (Å²) in [5, 5.41) is 2.82.